The van der Waals surface area contributed by atoms with Gasteiger partial charge >= 0.3 is 0 Å². The average molecular weight is 456 g/mol. The molecule has 0 unspecified atom stereocenters. The van der Waals surface area contributed by atoms with Crippen LogP contribution < -0.4 is 0 Å². The van der Waals surface area contributed by atoms with Gasteiger partial charge in [-0.1, -0.05) is 49.4 Å². The highest BCUT2D eigenvalue weighted by molar-refractivity contribution is 5.15. The van der Waals surface area contributed by atoms with Crippen LogP contribution in [-0.2, 0) is 37.1 Å². The van der Waals surface area contributed by atoms with Crippen LogP contribution in [-0.4, -0.2) is 39.0 Å². The summed E-state index contributed by atoms with van der Waals surface area (Å²) >= 11 is 0. The topological polar surface area (TPSA) is 76.9 Å². The van der Waals surface area contributed by atoms with Crippen molar-refractivity contribution < 1.29 is 24.0 Å². The molecule has 0 N–H and O–H groups in total. The number of ether oxygens (including phenoxy) is 3. The van der Waals surface area contributed by atoms with Gasteiger partial charge in [-0.2, -0.15) is 0 Å². The Labute approximate surface area is 194 Å². The van der Waals surface area contributed by atoms with Crippen LogP contribution in [0.1, 0.15) is 57.7 Å². The zero-order chi connectivity index (χ0) is 22.6. The zero-order valence-electron chi connectivity index (χ0n) is 19.6. The third-order valence-corrected chi connectivity index (χ3v) is 8.27. The molecule has 1 aliphatic carbocycles. The van der Waals surface area contributed by atoms with Gasteiger partial charge in [0.05, 0.1) is 19.3 Å². The van der Waals surface area contributed by atoms with Crippen molar-refractivity contribution in [2.75, 3.05) is 0 Å². The van der Waals surface area contributed by atoms with Crippen LogP contribution in [0.25, 0.3) is 0 Å². The van der Waals surface area contributed by atoms with E-state index in [9.17, 15) is 0 Å². The highest BCUT2D eigenvalue weighted by Gasteiger charge is 2.69. The largest absolute Gasteiger partial charge is 0.346 e. The lowest BCUT2D eigenvalue weighted by molar-refractivity contribution is -0.577. The second kappa shape index (κ2) is 8.13. The van der Waals surface area contributed by atoms with Crippen molar-refractivity contribution in [2.24, 2.45) is 23.7 Å². The third kappa shape index (κ3) is 3.63. The molecule has 2 bridgehead atoms. The summed E-state index contributed by atoms with van der Waals surface area (Å²) in [6.07, 6.45) is 5.10. The van der Waals surface area contributed by atoms with E-state index in [1.54, 1.807) is 0 Å². The van der Waals surface area contributed by atoms with Crippen LogP contribution >= 0.6 is 0 Å². The molecule has 2 aromatic rings. The second-order valence-corrected chi connectivity index (χ2v) is 10.5. The highest BCUT2D eigenvalue weighted by Crippen LogP contribution is 2.60. The second-order valence-electron chi connectivity index (χ2n) is 10.5. The molecule has 1 spiro atoms. The molecule has 8 nitrogen and oxygen atoms in total. The fraction of sp³-hybridized carbons (Fsp3) is 0.680. The van der Waals surface area contributed by atoms with Crippen molar-refractivity contribution in [3.63, 3.8) is 0 Å². The molecule has 5 aliphatic rings. The third-order valence-electron chi connectivity index (χ3n) is 8.27. The zero-order valence-corrected chi connectivity index (χ0v) is 19.6. The molecule has 8 atom stereocenters. The fourth-order valence-electron chi connectivity index (χ4n) is 6.48. The molecule has 5 fully saturated rings. The molecule has 4 saturated heterocycles. The summed E-state index contributed by atoms with van der Waals surface area (Å²) in [7, 11) is 0. The summed E-state index contributed by atoms with van der Waals surface area (Å²) in [4.78, 5) is 12.1. The Hall–Kier alpha value is -1.84. The quantitative estimate of drug-likeness (QED) is 0.630. The van der Waals surface area contributed by atoms with Crippen LogP contribution in [0.15, 0.2) is 36.5 Å². The number of rotatable bonds is 5. The van der Waals surface area contributed by atoms with E-state index in [1.165, 1.54) is 12.0 Å². The summed E-state index contributed by atoms with van der Waals surface area (Å²) in [5.74, 6) is 0.517. The first-order chi connectivity index (χ1) is 16.0. The van der Waals surface area contributed by atoms with E-state index >= 15 is 0 Å². The number of nitrogens with zero attached hydrogens (tertiary/aromatic N) is 3. The van der Waals surface area contributed by atoms with E-state index in [4.69, 9.17) is 24.0 Å². The Morgan fingerprint density at radius 2 is 1.94 bits per heavy atom. The van der Waals surface area contributed by atoms with Crippen molar-refractivity contribution in [2.45, 2.75) is 83.6 Å². The van der Waals surface area contributed by atoms with Crippen molar-refractivity contribution in [1.82, 2.24) is 15.0 Å². The summed E-state index contributed by atoms with van der Waals surface area (Å²) in [6.45, 7) is 7.48. The number of hydrogen-bond donors (Lipinski definition) is 0. The Morgan fingerprint density at radius 3 is 2.79 bits per heavy atom. The van der Waals surface area contributed by atoms with Crippen LogP contribution in [0.5, 0.6) is 0 Å². The maximum atomic E-state index is 6.48. The van der Waals surface area contributed by atoms with Gasteiger partial charge in [-0.3, -0.25) is 0 Å². The number of hydrogen-bond acceptors (Lipinski definition) is 7. The molecule has 4 aliphatic heterocycles. The van der Waals surface area contributed by atoms with Crippen LogP contribution in [0.2, 0.25) is 0 Å². The maximum Gasteiger partial charge on any atom is 0.201 e. The molecule has 1 aromatic carbocycles. The first kappa shape index (κ1) is 21.7. The number of aromatic nitrogens is 3. The Kier molecular flexibility index (Phi) is 5.34. The van der Waals surface area contributed by atoms with Gasteiger partial charge in [0, 0.05) is 18.3 Å². The monoisotopic (exact) mass is 455 g/mol. The van der Waals surface area contributed by atoms with E-state index in [0.29, 0.717) is 25.0 Å². The Bertz CT molecular complexity index is 985. The lowest BCUT2D eigenvalue weighted by Crippen LogP contribution is -2.70. The molecular weight excluding hydrogens is 422 g/mol. The van der Waals surface area contributed by atoms with Gasteiger partial charge in [0.2, 0.25) is 5.79 Å². The molecular formula is C25H33N3O5. The van der Waals surface area contributed by atoms with Crippen molar-refractivity contribution in [1.29, 1.82) is 0 Å². The normalized spacial score (nSPS) is 42.0. The fourth-order valence-corrected chi connectivity index (χ4v) is 6.48. The molecule has 8 heteroatoms. The molecule has 178 valence electrons. The number of benzene rings is 1. The highest BCUT2D eigenvalue weighted by atomic mass is 17.3. The van der Waals surface area contributed by atoms with Gasteiger partial charge in [0.1, 0.15) is 5.69 Å². The van der Waals surface area contributed by atoms with Gasteiger partial charge in [-0.05, 0) is 43.6 Å². The van der Waals surface area contributed by atoms with Gasteiger partial charge in [0.25, 0.3) is 0 Å². The first-order valence-electron chi connectivity index (χ1n) is 12.2. The van der Waals surface area contributed by atoms with E-state index in [1.807, 2.05) is 36.0 Å². The molecule has 5 heterocycles. The molecule has 1 aromatic heterocycles. The van der Waals surface area contributed by atoms with Crippen LogP contribution in [0.3, 0.4) is 0 Å². The first-order valence-corrected chi connectivity index (χ1v) is 12.2. The lowest BCUT2D eigenvalue weighted by atomic mass is 9.58. The van der Waals surface area contributed by atoms with Crippen molar-refractivity contribution >= 4 is 0 Å². The summed E-state index contributed by atoms with van der Waals surface area (Å²) < 4.78 is 21.0. The minimum atomic E-state index is -0.775. The SMILES string of the molecule is C[C@H]1[C@H](OCc2cn(Cc3ccccc3)nn2)O[C@@H]2O[C@@]3(C)CC[C@H]4[C@H](C)CC[C@@H]1[C@@]24OO3. The van der Waals surface area contributed by atoms with Crippen LogP contribution in [0.4, 0.5) is 0 Å². The average Bonchev–Trinajstić information content (AvgIpc) is 3.13. The van der Waals surface area contributed by atoms with Crippen molar-refractivity contribution in [3.05, 3.63) is 47.8 Å². The lowest BCUT2D eigenvalue weighted by Gasteiger charge is -2.60. The van der Waals surface area contributed by atoms with E-state index in [0.717, 1.165) is 25.0 Å². The molecule has 0 amide bonds. The standard InChI is InChI=1S/C25H33N3O5/c1-16-9-10-21-17(2)22(30-23-25(21)20(16)11-12-24(3,31-23)32-33-25)29-15-19-14-28(27-26-19)13-18-7-5-4-6-8-18/h4-8,14,16-17,20-23H,9-13,15H2,1-3H3/t16-,17-,20+,21+,22-,23-,24-,25-/m1/s1. The molecule has 1 saturated carbocycles. The summed E-state index contributed by atoms with van der Waals surface area (Å²) in [5.41, 5.74) is 1.40. The maximum absolute atomic E-state index is 6.48. The predicted molar refractivity (Wildman–Crippen MR) is 117 cm³/mol. The Morgan fingerprint density at radius 1 is 1.09 bits per heavy atom. The van der Waals surface area contributed by atoms with E-state index in [2.05, 4.69) is 36.3 Å². The van der Waals surface area contributed by atoms with Gasteiger partial charge < -0.3 is 14.2 Å². The Balaban J connectivity index is 1.17. The predicted octanol–water partition coefficient (Wildman–Crippen LogP) is 4.05. The van der Waals surface area contributed by atoms with Gasteiger partial charge in [0.15, 0.2) is 18.2 Å². The van der Waals surface area contributed by atoms with Gasteiger partial charge in [-0.25, -0.2) is 14.5 Å². The van der Waals surface area contributed by atoms with Crippen molar-refractivity contribution in [3.8, 4) is 0 Å². The van der Waals surface area contributed by atoms with E-state index < -0.39 is 24.0 Å². The smallest absolute Gasteiger partial charge is 0.201 e. The van der Waals surface area contributed by atoms with Gasteiger partial charge in [-0.15, -0.1) is 5.10 Å². The number of fused-ring (bicyclic) bond motifs is 2. The summed E-state index contributed by atoms with van der Waals surface area (Å²) in [6, 6.07) is 10.2. The summed E-state index contributed by atoms with van der Waals surface area (Å²) in [5, 5.41) is 8.55. The van der Waals surface area contributed by atoms with E-state index in [-0.39, 0.29) is 11.8 Å². The minimum Gasteiger partial charge on any atom is -0.346 e. The van der Waals surface area contributed by atoms with Crippen LogP contribution in [0, 0.1) is 23.7 Å². The molecule has 7 rings (SSSR count). The minimum absolute atomic E-state index is 0.144. The molecule has 33 heavy (non-hydrogen) atoms. The molecule has 0 radical (unpaired) electrons.